The molecule has 2 aromatic carbocycles. The number of hydrogen-bond acceptors (Lipinski definition) is 8. The first-order chi connectivity index (χ1) is 18.6. The summed E-state index contributed by atoms with van der Waals surface area (Å²) in [6.07, 6.45) is 2.70. The summed E-state index contributed by atoms with van der Waals surface area (Å²) in [5.41, 5.74) is 1.43. The smallest absolute Gasteiger partial charge is 0.410 e. The molecule has 204 valence electrons. The van der Waals surface area contributed by atoms with Crippen molar-refractivity contribution in [2.75, 3.05) is 23.3 Å². The van der Waals surface area contributed by atoms with E-state index >= 15 is 0 Å². The number of likely N-dealkylation sites (tertiary alicyclic amines) is 1. The van der Waals surface area contributed by atoms with Crippen molar-refractivity contribution in [2.45, 2.75) is 58.3 Å². The maximum atomic E-state index is 12.4. The Bertz CT molecular complexity index is 1270. The fourth-order valence-corrected chi connectivity index (χ4v) is 5.45. The van der Waals surface area contributed by atoms with Crippen LogP contribution < -0.4 is 10.2 Å². The molecule has 0 atom stereocenters. The van der Waals surface area contributed by atoms with Crippen LogP contribution in [0.5, 0.6) is 0 Å². The highest BCUT2D eigenvalue weighted by molar-refractivity contribution is 5.71. The normalized spacial score (nSPS) is 16.2. The van der Waals surface area contributed by atoms with E-state index in [9.17, 15) is 14.9 Å². The summed E-state index contributed by atoms with van der Waals surface area (Å²) in [7, 11) is 0. The second-order valence-corrected chi connectivity index (χ2v) is 11.6. The minimum absolute atomic E-state index is 0.0314. The molecular weight excluding hydrogens is 496 g/mol. The van der Waals surface area contributed by atoms with Crippen LogP contribution in [0.15, 0.2) is 67.0 Å². The molecule has 1 N–H and O–H groups in total. The third-order valence-electron chi connectivity index (χ3n) is 7.12. The van der Waals surface area contributed by atoms with Crippen LogP contribution >= 0.6 is 0 Å². The number of aromatic nitrogens is 2. The molecule has 0 radical (unpaired) electrons. The number of nitro groups is 1. The van der Waals surface area contributed by atoms with Gasteiger partial charge in [-0.25, -0.2) is 14.8 Å². The number of anilines is 2. The van der Waals surface area contributed by atoms with Crippen LogP contribution in [0.3, 0.4) is 0 Å². The van der Waals surface area contributed by atoms with Gasteiger partial charge in [-0.1, -0.05) is 60.7 Å². The highest BCUT2D eigenvalue weighted by atomic mass is 16.6. The van der Waals surface area contributed by atoms with Crippen LogP contribution in [0.1, 0.15) is 44.7 Å². The van der Waals surface area contributed by atoms with Gasteiger partial charge in [0, 0.05) is 37.6 Å². The summed E-state index contributed by atoms with van der Waals surface area (Å²) < 4.78 is 5.46. The Kier molecular flexibility index (Phi) is 7.12. The Balaban J connectivity index is 1.31. The van der Waals surface area contributed by atoms with Crippen molar-refractivity contribution in [2.24, 2.45) is 5.41 Å². The predicted molar refractivity (Wildman–Crippen MR) is 148 cm³/mol. The Morgan fingerprint density at radius 3 is 2.13 bits per heavy atom. The van der Waals surface area contributed by atoms with E-state index in [-0.39, 0.29) is 34.9 Å². The molecule has 1 amide bonds. The zero-order valence-corrected chi connectivity index (χ0v) is 22.5. The Hall–Kier alpha value is -4.21. The topological polar surface area (TPSA) is 114 Å². The van der Waals surface area contributed by atoms with Crippen LogP contribution in [0, 0.1) is 15.5 Å². The molecule has 1 saturated carbocycles. The van der Waals surface area contributed by atoms with Crippen LogP contribution in [-0.2, 0) is 17.8 Å². The Morgan fingerprint density at radius 2 is 1.62 bits per heavy atom. The van der Waals surface area contributed by atoms with Gasteiger partial charge in [-0.3, -0.25) is 10.1 Å². The quantitative estimate of drug-likeness (QED) is 0.304. The molecule has 1 spiro atoms. The first kappa shape index (κ1) is 26.4. The number of amides is 1. The number of nitrogens with zero attached hydrogens (tertiary/aromatic N) is 5. The first-order valence-corrected chi connectivity index (χ1v) is 13.2. The number of ether oxygens (including phenoxy) is 1. The number of benzene rings is 2. The van der Waals surface area contributed by atoms with Gasteiger partial charge in [0.1, 0.15) is 11.9 Å². The maximum absolute atomic E-state index is 12.4. The lowest BCUT2D eigenvalue weighted by atomic mass is 9.61. The summed E-state index contributed by atoms with van der Waals surface area (Å²) in [6.45, 7) is 7.76. The molecule has 0 bridgehead atoms. The number of rotatable bonds is 8. The van der Waals surface area contributed by atoms with Gasteiger partial charge < -0.3 is 19.9 Å². The van der Waals surface area contributed by atoms with Crippen LogP contribution in [-0.4, -0.2) is 50.6 Å². The third kappa shape index (κ3) is 6.10. The maximum Gasteiger partial charge on any atom is 0.410 e. The summed E-state index contributed by atoms with van der Waals surface area (Å²) in [6, 6.07) is 19.7. The van der Waals surface area contributed by atoms with Crippen molar-refractivity contribution >= 4 is 23.4 Å². The van der Waals surface area contributed by atoms with Gasteiger partial charge in [-0.2, -0.15) is 0 Å². The van der Waals surface area contributed by atoms with Gasteiger partial charge in [-0.15, -0.1) is 0 Å². The summed E-state index contributed by atoms with van der Waals surface area (Å²) in [4.78, 5) is 36.6. The molecule has 3 aromatic rings. The summed E-state index contributed by atoms with van der Waals surface area (Å²) in [5.74, 6) is 0.498. The lowest BCUT2D eigenvalue weighted by Crippen LogP contribution is -2.66. The zero-order chi connectivity index (χ0) is 27.6. The molecule has 39 heavy (non-hydrogen) atoms. The van der Waals surface area contributed by atoms with Crippen molar-refractivity contribution in [3.63, 3.8) is 0 Å². The molecule has 10 heteroatoms. The van der Waals surface area contributed by atoms with Crippen LogP contribution in [0.4, 0.5) is 22.1 Å². The number of nitrogens with one attached hydrogen (secondary N) is 1. The Morgan fingerprint density at radius 1 is 1.05 bits per heavy atom. The van der Waals surface area contributed by atoms with E-state index in [0.717, 1.165) is 24.0 Å². The number of carbonyl (C=O) groups excluding carboxylic acids is 1. The van der Waals surface area contributed by atoms with Crippen molar-refractivity contribution in [3.05, 3.63) is 88.2 Å². The van der Waals surface area contributed by atoms with Gasteiger partial charge in [-0.05, 0) is 44.7 Å². The highest BCUT2D eigenvalue weighted by Gasteiger charge is 2.54. The zero-order valence-electron chi connectivity index (χ0n) is 22.5. The van der Waals surface area contributed by atoms with E-state index in [2.05, 4.69) is 15.3 Å². The molecule has 1 aliphatic heterocycles. The summed E-state index contributed by atoms with van der Waals surface area (Å²) >= 11 is 0. The molecule has 2 fully saturated rings. The Labute approximate surface area is 228 Å². The van der Waals surface area contributed by atoms with Crippen molar-refractivity contribution in [1.29, 1.82) is 0 Å². The van der Waals surface area contributed by atoms with Crippen LogP contribution in [0.2, 0.25) is 0 Å². The first-order valence-electron chi connectivity index (χ1n) is 13.2. The molecule has 0 unspecified atom stereocenters. The van der Waals surface area contributed by atoms with E-state index in [1.807, 2.05) is 86.3 Å². The standard InChI is InChI=1S/C29H34N6O4/c1-28(2,3)39-27(36)34-18-29(19-34)14-23(15-29)32-25-24(35(37)38)26(31-20-30-25)33(16-21-10-6-4-7-11-21)17-22-12-8-5-9-13-22/h4-13,20,23H,14-19H2,1-3H3,(H,30,31,32). The van der Waals surface area contributed by atoms with Crippen molar-refractivity contribution in [3.8, 4) is 0 Å². The lowest BCUT2D eigenvalue weighted by Gasteiger charge is -2.58. The average Bonchev–Trinajstić information content (AvgIpc) is 2.84. The van der Waals surface area contributed by atoms with Crippen molar-refractivity contribution in [1.82, 2.24) is 14.9 Å². The number of hydrogen-bond donors (Lipinski definition) is 1. The fourth-order valence-electron chi connectivity index (χ4n) is 5.45. The molecule has 5 rings (SSSR count). The number of carbonyl (C=O) groups is 1. The van der Waals surface area contributed by atoms with Crippen molar-refractivity contribution < 1.29 is 14.5 Å². The van der Waals surface area contributed by atoms with E-state index in [0.29, 0.717) is 26.2 Å². The SMILES string of the molecule is CC(C)(C)OC(=O)N1CC2(CC(Nc3ncnc(N(Cc4ccccc4)Cc4ccccc4)c3[N+](=O)[O-])C2)C1. The molecule has 2 aliphatic rings. The van der Waals surface area contributed by atoms with E-state index in [1.54, 1.807) is 4.90 Å². The van der Waals surface area contributed by atoms with Gasteiger partial charge in [0.15, 0.2) is 0 Å². The molecule has 10 nitrogen and oxygen atoms in total. The average molecular weight is 531 g/mol. The van der Waals surface area contributed by atoms with E-state index < -0.39 is 10.5 Å². The largest absolute Gasteiger partial charge is 0.444 e. The highest BCUT2D eigenvalue weighted by Crippen LogP contribution is 2.50. The van der Waals surface area contributed by atoms with Gasteiger partial charge in [0.25, 0.3) is 0 Å². The molecule has 1 aromatic heterocycles. The molecule has 2 heterocycles. The van der Waals surface area contributed by atoms with Gasteiger partial charge in [0.2, 0.25) is 11.6 Å². The lowest BCUT2D eigenvalue weighted by molar-refractivity contribution is -0.383. The van der Waals surface area contributed by atoms with E-state index in [4.69, 9.17) is 4.74 Å². The minimum atomic E-state index is -0.526. The third-order valence-corrected chi connectivity index (χ3v) is 7.12. The monoisotopic (exact) mass is 530 g/mol. The van der Waals surface area contributed by atoms with E-state index in [1.165, 1.54) is 6.33 Å². The second-order valence-electron chi connectivity index (χ2n) is 11.6. The molecule has 1 aliphatic carbocycles. The summed E-state index contributed by atoms with van der Waals surface area (Å²) in [5, 5.41) is 15.7. The van der Waals surface area contributed by atoms with Crippen LogP contribution in [0.25, 0.3) is 0 Å². The molecule has 1 saturated heterocycles. The minimum Gasteiger partial charge on any atom is -0.444 e. The van der Waals surface area contributed by atoms with Gasteiger partial charge >= 0.3 is 11.8 Å². The van der Waals surface area contributed by atoms with Gasteiger partial charge in [0.05, 0.1) is 4.92 Å². The predicted octanol–water partition coefficient (Wildman–Crippen LogP) is 5.40. The molecular formula is C29H34N6O4. The second kappa shape index (κ2) is 10.5. The fraction of sp³-hybridized carbons (Fsp3) is 0.414.